The zero-order valence-electron chi connectivity index (χ0n) is 9.47. The van der Waals surface area contributed by atoms with Gasteiger partial charge in [0.25, 0.3) is 0 Å². The molecule has 86 valence electrons. The standard InChI is InChI=1S/C12H17N3O/c1-2-14-12(16)15-11-4-3-9-5-6-13-8-10(9)7-11/h3-4,7,13H,2,5-6,8H2,1H3,(H2,14,15,16). The van der Waals surface area contributed by atoms with Crippen molar-refractivity contribution in [3.63, 3.8) is 0 Å². The number of hydrogen-bond acceptors (Lipinski definition) is 2. The third-order valence-corrected chi connectivity index (χ3v) is 2.69. The summed E-state index contributed by atoms with van der Waals surface area (Å²) in [7, 11) is 0. The molecule has 0 saturated heterocycles. The second-order valence-corrected chi connectivity index (χ2v) is 3.89. The molecule has 1 aromatic carbocycles. The first kappa shape index (κ1) is 11.0. The molecule has 1 heterocycles. The van der Waals surface area contributed by atoms with Crippen molar-refractivity contribution in [1.82, 2.24) is 10.6 Å². The quantitative estimate of drug-likeness (QED) is 0.705. The summed E-state index contributed by atoms with van der Waals surface area (Å²) in [5.41, 5.74) is 3.51. The van der Waals surface area contributed by atoms with E-state index in [2.05, 4.69) is 22.0 Å². The number of rotatable bonds is 2. The highest BCUT2D eigenvalue weighted by Crippen LogP contribution is 2.18. The topological polar surface area (TPSA) is 53.2 Å². The van der Waals surface area contributed by atoms with Crippen LogP contribution >= 0.6 is 0 Å². The summed E-state index contributed by atoms with van der Waals surface area (Å²) >= 11 is 0. The molecule has 0 bridgehead atoms. The highest BCUT2D eigenvalue weighted by atomic mass is 16.2. The maximum absolute atomic E-state index is 11.3. The van der Waals surface area contributed by atoms with Crippen molar-refractivity contribution in [2.45, 2.75) is 19.9 Å². The number of anilines is 1. The highest BCUT2D eigenvalue weighted by Gasteiger charge is 2.09. The van der Waals surface area contributed by atoms with Crippen molar-refractivity contribution in [3.05, 3.63) is 29.3 Å². The molecule has 0 fully saturated rings. The fourth-order valence-corrected chi connectivity index (χ4v) is 1.89. The van der Waals surface area contributed by atoms with Gasteiger partial charge in [-0.1, -0.05) is 6.07 Å². The molecule has 0 unspecified atom stereocenters. The lowest BCUT2D eigenvalue weighted by Crippen LogP contribution is -2.28. The Kier molecular flexibility index (Phi) is 3.41. The van der Waals surface area contributed by atoms with E-state index in [1.807, 2.05) is 19.1 Å². The maximum Gasteiger partial charge on any atom is 0.319 e. The van der Waals surface area contributed by atoms with Crippen LogP contribution < -0.4 is 16.0 Å². The molecule has 1 aliphatic heterocycles. The predicted molar refractivity (Wildman–Crippen MR) is 64.5 cm³/mol. The molecule has 4 nitrogen and oxygen atoms in total. The summed E-state index contributed by atoms with van der Waals surface area (Å²) in [6.45, 7) is 4.46. The van der Waals surface area contributed by atoms with Crippen molar-refractivity contribution < 1.29 is 4.79 Å². The first-order valence-corrected chi connectivity index (χ1v) is 5.67. The van der Waals surface area contributed by atoms with Crippen molar-refractivity contribution >= 4 is 11.7 Å². The molecular formula is C12H17N3O. The van der Waals surface area contributed by atoms with E-state index < -0.39 is 0 Å². The molecule has 0 radical (unpaired) electrons. The van der Waals surface area contributed by atoms with Crippen LogP contribution in [0.2, 0.25) is 0 Å². The Morgan fingerprint density at radius 1 is 1.44 bits per heavy atom. The van der Waals surface area contributed by atoms with Crippen molar-refractivity contribution in [2.24, 2.45) is 0 Å². The first-order chi connectivity index (χ1) is 7.79. The third kappa shape index (κ3) is 2.52. The van der Waals surface area contributed by atoms with Gasteiger partial charge in [0.15, 0.2) is 0 Å². The van der Waals surface area contributed by atoms with Crippen molar-refractivity contribution in [3.8, 4) is 0 Å². The number of carbonyl (C=O) groups excluding carboxylic acids is 1. The van der Waals surface area contributed by atoms with Crippen molar-refractivity contribution in [1.29, 1.82) is 0 Å². The van der Waals surface area contributed by atoms with Gasteiger partial charge < -0.3 is 16.0 Å². The monoisotopic (exact) mass is 219 g/mol. The van der Waals surface area contributed by atoms with E-state index in [1.54, 1.807) is 0 Å². The van der Waals surface area contributed by atoms with Crippen LogP contribution in [-0.4, -0.2) is 19.1 Å². The lowest BCUT2D eigenvalue weighted by atomic mass is 10.0. The van der Waals surface area contributed by atoms with E-state index in [0.29, 0.717) is 6.54 Å². The smallest absolute Gasteiger partial charge is 0.319 e. The van der Waals surface area contributed by atoms with E-state index >= 15 is 0 Å². The molecule has 4 heteroatoms. The van der Waals surface area contributed by atoms with Crippen LogP contribution in [0.3, 0.4) is 0 Å². The number of fused-ring (bicyclic) bond motifs is 1. The van der Waals surface area contributed by atoms with Gasteiger partial charge in [0, 0.05) is 18.8 Å². The summed E-state index contributed by atoms with van der Waals surface area (Å²) in [6, 6.07) is 5.94. The number of hydrogen-bond donors (Lipinski definition) is 3. The Labute approximate surface area is 95.4 Å². The normalized spacial score (nSPS) is 14.1. The summed E-state index contributed by atoms with van der Waals surface area (Å²) in [6.07, 6.45) is 1.07. The van der Waals surface area contributed by atoms with E-state index in [1.165, 1.54) is 11.1 Å². The summed E-state index contributed by atoms with van der Waals surface area (Å²) in [5, 5.41) is 8.84. The molecule has 0 aliphatic carbocycles. The Morgan fingerprint density at radius 3 is 3.12 bits per heavy atom. The van der Waals surface area contributed by atoms with Crippen LogP contribution in [0.25, 0.3) is 0 Å². The van der Waals surface area contributed by atoms with E-state index in [4.69, 9.17) is 0 Å². The minimum Gasteiger partial charge on any atom is -0.338 e. The fraction of sp³-hybridized carbons (Fsp3) is 0.417. The van der Waals surface area contributed by atoms with E-state index in [9.17, 15) is 4.79 Å². The van der Waals surface area contributed by atoms with Gasteiger partial charge in [-0.25, -0.2) is 4.79 Å². The largest absolute Gasteiger partial charge is 0.338 e. The molecule has 0 aromatic heterocycles. The van der Waals surface area contributed by atoms with Gasteiger partial charge in [0.1, 0.15) is 0 Å². The zero-order valence-corrected chi connectivity index (χ0v) is 9.47. The molecule has 1 aromatic rings. The molecule has 0 atom stereocenters. The summed E-state index contributed by atoms with van der Waals surface area (Å²) < 4.78 is 0. The maximum atomic E-state index is 11.3. The summed E-state index contributed by atoms with van der Waals surface area (Å²) in [4.78, 5) is 11.3. The molecule has 3 N–H and O–H groups in total. The van der Waals surface area contributed by atoms with Crippen LogP contribution in [0, 0.1) is 0 Å². The van der Waals surface area contributed by atoms with Gasteiger partial charge in [-0.3, -0.25) is 0 Å². The fourth-order valence-electron chi connectivity index (χ4n) is 1.89. The number of nitrogens with one attached hydrogen (secondary N) is 3. The Morgan fingerprint density at radius 2 is 2.31 bits per heavy atom. The Hall–Kier alpha value is -1.55. The van der Waals surface area contributed by atoms with E-state index in [-0.39, 0.29) is 6.03 Å². The highest BCUT2D eigenvalue weighted by molar-refractivity contribution is 5.89. The average Bonchev–Trinajstić information content (AvgIpc) is 2.29. The first-order valence-electron chi connectivity index (χ1n) is 5.67. The second kappa shape index (κ2) is 4.99. The van der Waals surface area contributed by atoms with Gasteiger partial charge in [-0.15, -0.1) is 0 Å². The minimum absolute atomic E-state index is 0.147. The van der Waals surface area contributed by atoms with Crippen LogP contribution in [0.15, 0.2) is 18.2 Å². The molecule has 2 rings (SSSR count). The van der Waals surface area contributed by atoms with Crippen LogP contribution in [0.1, 0.15) is 18.1 Å². The summed E-state index contributed by atoms with van der Waals surface area (Å²) in [5.74, 6) is 0. The van der Waals surface area contributed by atoms with E-state index in [0.717, 1.165) is 25.2 Å². The van der Waals surface area contributed by atoms with Crippen molar-refractivity contribution in [2.75, 3.05) is 18.4 Å². The molecule has 0 spiro atoms. The average molecular weight is 219 g/mol. The predicted octanol–water partition coefficient (Wildman–Crippen LogP) is 1.47. The third-order valence-electron chi connectivity index (χ3n) is 2.69. The SMILES string of the molecule is CCNC(=O)Nc1ccc2c(c1)CNCC2. The number of carbonyl (C=O) groups is 1. The van der Waals surface area contributed by atoms with Gasteiger partial charge >= 0.3 is 6.03 Å². The minimum atomic E-state index is -0.147. The number of urea groups is 1. The molecule has 1 aliphatic rings. The molecular weight excluding hydrogens is 202 g/mol. The molecule has 2 amide bonds. The zero-order chi connectivity index (χ0) is 11.4. The Balaban J connectivity index is 2.08. The van der Waals surface area contributed by atoms with Crippen LogP contribution in [0.4, 0.5) is 10.5 Å². The molecule has 0 saturated carbocycles. The van der Waals surface area contributed by atoms with Gasteiger partial charge in [-0.05, 0) is 43.1 Å². The van der Waals surface area contributed by atoms with Crippen LogP contribution in [-0.2, 0) is 13.0 Å². The lowest BCUT2D eigenvalue weighted by Gasteiger charge is -2.18. The molecule has 16 heavy (non-hydrogen) atoms. The number of benzene rings is 1. The second-order valence-electron chi connectivity index (χ2n) is 3.89. The lowest BCUT2D eigenvalue weighted by molar-refractivity contribution is 0.252. The number of amides is 2. The Bertz CT molecular complexity index is 390. The van der Waals surface area contributed by atoms with Crippen LogP contribution in [0.5, 0.6) is 0 Å². The van der Waals surface area contributed by atoms with Gasteiger partial charge in [0.2, 0.25) is 0 Å². The van der Waals surface area contributed by atoms with Gasteiger partial charge in [0.05, 0.1) is 0 Å². The van der Waals surface area contributed by atoms with Gasteiger partial charge in [-0.2, -0.15) is 0 Å².